The largest absolute Gasteiger partial charge is 0.338 e. The van der Waals surface area contributed by atoms with Crippen LogP contribution >= 0.6 is 0 Å². The summed E-state index contributed by atoms with van der Waals surface area (Å²) in [5.41, 5.74) is 1.04. The van der Waals surface area contributed by atoms with Gasteiger partial charge in [-0.3, -0.25) is 4.79 Å². The molecule has 0 fully saturated rings. The molecule has 0 saturated carbocycles. The van der Waals surface area contributed by atoms with E-state index in [-0.39, 0.29) is 12.5 Å². The molecule has 90 valence electrons. The predicted octanol–water partition coefficient (Wildman–Crippen LogP) is 1.40. The van der Waals surface area contributed by atoms with Gasteiger partial charge in [0, 0.05) is 11.7 Å². The van der Waals surface area contributed by atoms with Gasteiger partial charge in [-0.25, -0.2) is 0 Å². The van der Waals surface area contributed by atoms with Crippen molar-refractivity contribution in [1.82, 2.24) is 20.0 Å². The smallest absolute Gasteiger partial charge is 0.245 e. The van der Waals surface area contributed by atoms with Crippen molar-refractivity contribution in [2.75, 3.05) is 5.32 Å². The van der Waals surface area contributed by atoms with Gasteiger partial charge in [0.25, 0.3) is 0 Å². The number of aromatic amines is 1. The first-order valence-corrected chi connectivity index (χ1v) is 5.52. The second-order valence-corrected chi connectivity index (χ2v) is 3.91. The summed E-state index contributed by atoms with van der Waals surface area (Å²) in [5.74, 6) is 0.293. The zero-order valence-corrected chi connectivity index (χ0v) is 9.50. The highest BCUT2D eigenvalue weighted by molar-refractivity contribution is 5.91. The Kier molecular flexibility index (Phi) is 2.53. The molecule has 2 heterocycles. The quantitative estimate of drug-likeness (QED) is 0.727. The first-order chi connectivity index (χ1) is 8.83. The van der Waals surface area contributed by atoms with E-state index >= 15 is 0 Å². The minimum absolute atomic E-state index is 0.134. The number of carbonyl (C=O) groups is 1. The summed E-state index contributed by atoms with van der Waals surface area (Å²) in [7, 11) is 0. The van der Waals surface area contributed by atoms with E-state index in [0.717, 1.165) is 10.9 Å². The van der Waals surface area contributed by atoms with Crippen LogP contribution in [0.15, 0.2) is 42.7 Å². The van der Waals surface area contributed by atoms with Gasteiger partial charge >= 0.3 is 0 Å². The number of hydrogen-bond donors (Lipinski definition) is 2. The molecule has 3 aromatic rings. The molecular weight excluding hydrogens is 230 g/mol. The molecule has 0 aliphatic heterocycles. The summed E-state index contributed by atoms with van der Waals surface area (Å²) >= 11 is 0. The maximum absolute atomic E-state index is 11.8. The van der Waals surface area contributed by atoms with Crippen LogP contribution in [-0.2, 0) is 11.3 Å². The van der Waals surface area contributed by atoms with Crippen molar-refractivity contribution in [3.05, 3.63) is 42.7 Å². The highest BCUT2D eigenvalue weighted by Gasteiger charge is 2.07. The Morgan fingerprint density at radius 1 is 1.33 bits per heavy atom. The molecule has 1 amide bonds. The fourth-order valence-electron chi connectivity index (χ4n) is 1.88. The van der Waals surface area contributed by atoms with E-state index in [4.69, 9.17) is 0 Å². The number of nitrogens with zero attached hydrogens (tertiary/aromatic N) is 3. The standard InChI is InChI=1S/C12H11N5O/c18-12(14-11-7-13-16-15-11)8-17-6-5-9-3-1-2-4-10(9)17/h1-7H,8H2,(H2,13,14,15,16,18). The molecular formula is C12H11N5O. The number of anilines is 1. The van der Waals surface area contributed by atoms with E-state index in [9.17, 15) is 4.79 Å². The molecule has 0 bridgehead atoms. The molecule has 0 aliphatic rings. The number of para-hydroxylation sites is 1. The van der Waals surface area contributed by atoms with Crippen LogP contribution in [0.4, 0.5) is 5.82 Å². The van der Waals surface area contributed by atoms with Crippen molar-refractivity contribution < 1.29 is 4.79 Å². The van der Waals surface area contributed by atoms with E-state index in [0.29, 0.717) is 5.82 Å². The first-order valence-electron chi connectivity index (χ1n) is 5.52. The number of amides is 1. The zero-order chi connectivity index (χ0) is 12.4. The van der Waals surface area contributed by atoms with Crippen LogP contribution in [0.25, 0.3) is 10.9 Å². The Labute approximate surface area is 103 Å². The number of nitrogens with one attached hydrogen (secondary N) is 2. The second-order valence-electron chi connectivity index (χ2n) is 3.91. The van der Waals surface area contributed by atoms with Crippen molar-refractivity contribution >= 4 is 22.6 Å². The average Bonchev–Trinajstić information content (AvgIpc) is 3.00. The summed E-state index contributed by atoms with van der Waals surface area (Å²) in [4.78, 5) is 11.8. The van der Waals surface area contributed by atoms with Crippen LogP contribution in [0, 0.1) is 0 Å². The highest BCUT2D eigenvalue weighted by Crippen LogP contribution is 2.14. The Bertz CT molecular complexity index is 671. The Morgan fingerprint density at radius 3 is 3.06 bits per heavy atom. The second kappa shape index (κ2) is 4.33. The molecule has 0 aliphatic carbocycles. The van der Waals surface area contributed by atoms with Gasteiger partial charge in [-0.05, 0) is 17.5 Å². The third kappa shape index (κ3) is 1.95. The Hall–Kier alpha value is -2.63. The molecule has 0 unspecified atom stereocenters. The van der Waals surface area contributed by atoms with Gasteiger partial charge < -0.3 is 9.88 Å². The molecule has 0 radical (unpaired) electrons. The highest BCUT2D eigenvalue weighted by atomic mass is 16.2. The average molecular weight is 241 g/mol. The van der Waals surface area contributed by atoms with Crippen molar-refractivity contribution in [1.29, 1.82) is 0 Å². The van der Waals surface area contributed by atoms with E-state index in [1.54, 1.807) is 0 Å². The van der Waals surface area contributed by atoms with Gasteiger partial charge in [-0.1, -0.05) is 18.2 Å². The fraction of sp³-hybridized carbons (Fsp3) is 0.0833. The lowest BCUT2D eigenvalue weighted by molar-refractivity contribution is -0.116. The monoisotopic (exact) mass is 241 g/mol. The van der Waals surface area contributed by atoms with E-state index in [2.05, 4.69) is 20.7 Å². The molecule has 6 heteroatoms. The Morgan fingerprint density at radius 2 is 2.22 bits per heavy atom. The maximum atomic E-state index is 11.8. The number of rotatable bonds is 3. The maximum Gasteiger partial charge on any atom is 0.245 e. The lowest BCUT2D eigenvalue weighted by atomic mass is 10.2. The number of hydrogen-bond acceptors (Lipinski definition) is 3. The fourth-order valence-corrected chi connectivity index (χ4v) is 1.88. The van der Waals surface area contributed by atoms with Crippen LogP contribution < -0.4 is 5.32 Å². The predicted molar refractivity (Wildman–Crippen MR) is 67.0 cm³/mol. The normalized spacial score (nSPS) is 10.7. The number of benzene rings is 1. The third-order valence-corrected chi connectivity index (χ3v) is 2.68. The number of aromatic nitrogens is 4. The van der Waals surface area contributed by atoms with Gasteiger partial charge in [0.15, 0.2) is 5.82 Å². The van der Waals surface area contributed by atoms with Crippen LogP contribution in [0.2, 0.25) is 0 Å². The summed E-state index contributed by atoms with van der Waals surface area (Å²) in [6.07, 6.45) is 3.36. The lowest BCUT2D eigenvalue weighted by Gasteiger charge is -2.04. The van der Waals surface area contributed by atoms with Crippen molar-refractivity contribution in [3.8, 4) is 0 Å². The molecule has 6 nitrogen and oxygen atoms in total. The van der Waals surface area contributed by atoms with Crippen molar-refractivity contribution in [2.24, 2.45) is 0 Å². The topological polar surface area (TPSA) is 75.6 Å². The van der Waals surface area contributed by atoms with E-state index in [1.165, 1.54) is 6.20 Å². The summed E-state index contributed by atoms with van der Waals surface area (Å²) in [6, 6.07) is 9.91. The van der Waals surface area contributed by atoms with Crippen LogP contribution in [-0.4, -0.2) is 25.9 Å². The number of carbonyl (C=O) groups excluding carboxylic acids is 1. The van der Waals surface area contributed by atoms with Crippen LogP contribution in [0.5, 0.6) is 0 Å². The molecule has 0 spiro atoms. The lowest BCUT2D eigenvalue weighted by Crippen LogP contribution is -2.18. The zero-order valence-electron chi connectivity index (χ0n) is 9.50. The van der Waals surface area contributed by atoms with Crippen molar-refractivity contribution in [3.63, 3.8) is 0 Å². The van der Waals surface area contributed by atoms with Gasteiger partial charge in [0.05, 0.1) is 6.20 Å². The number of fused-ring (bicyclic) bond motifs is 1. The summed E-state index contributed by atoms with van der Waals surface area (Å²) in [6.45, 7) is 0.250. The molecule has 1 aromatic carbocycles. The molecule has 3 rings (SSSR count). The van der Waals surface area contributed by atoms with Gasteiger partial charge in [-0.2, -0.15) is 10.3 Å². The summed E-state index contributed by atoms with van der Waals surface area (Å²) < 4.78 is 1.89. The molecule has 0 atom stereocenters. The molecule has 0 saturated heterocycles. The van der Waals surface area contributed by atoms with Gasteiger partial charge in [-0.15, -0.1) is 5.10 Å². The minimum Gasteiger partial charge on any atom is -0.338 e. The van der Waals surface area contributed by atoms with E-state index in [1.807, 2.05) is 41.1 Å². The minimum atomic E-state index is -0.134. The molecule has 18 heavy (non-hydrogen) atoms. The molecule has 2 aromatic heterocycles. The molecule has 2 N–H and O–H groups in total. The van der Waals surface area contributed by atoms with Crippen LogP contribution in [0.1, 0.15) is 0 Å². The third-order valence-electron chi connectivity index (χ3n) is 2.68. The summed E-state index contributed by atoms with van der Waals surface area (Å²) in [5, 5.41) is 13.6. The number of H-pyrrole nitrogens is 1. The van der Waals surface area contributed by atoms with Gasteiger partial charge in [0.2, 0.25) is 5.91 Å². The van der Waals surface area contributed by atoms with E-state index < -0.39 is 0 Å². The first kappa shape index (κ1) is 10.5. The SMILES string of the molecule is O=C(Cn1ccc2ccccc21)Nc1cn[nH]n1. The Balaban J connectivity index is 1.78. The van der Waals surface area contributed by atoms with Crippen molar-refractivity contribution in [2.45, 2.75) is 6.54 Å². The van der Waals surface area contributed by atoms with Gasteiger partial charge in [0.1, 0.15) is 6.54 Å². The van der Waals surface area contributed by atoms with Crippen LogP contribution in [0.3, 0.4) is 0 Å².